The van der Waals surface area contributed by atoms with E-state index in [1.165, 1.54) is 32.1 Å². The Morgan fingerprint density at radius 1 is 1.16 bits per heavy atom. The molecule has 2 aliphatic rings. The van der Waals surface area contributed by atoms with Crippen LogP contribution in [0.1, 0.15) is 76.1 Å². The minimum Gasteiger partial charge on any atom is -0.492 e. The number of sulfonamides is 1. The molecule has 1 aliphatic heterocycles. The van der Waals surface area contributed by atoms with Gasteiger partial charge in [0.1, 0.15) is 10.6 Å². The number of fused-ring (bicyclic) bond motifs is 1. The average Bonchev–Trinajstić information content (AvgIpc) is 3.04. The first kappa shape index (κ1) is 23.1. The molecule has 0 saturated heterocycles. The summed E-state index contributed by atoms with van der Waals surface area (Å²) in [6.07, 6.45) is 6.94. The van der Waals surface area contributed by atoms with Crippen LogP contribution in [0.2, 0.25) is 0 Å². The number of nitrogens with two attached hydrogens (primary N) is 1. The Bertz CT molecular complexity index is 1150. The van der Waals surface area contributed by atoms with Gasteiger partial charge in [0.15, 0.2) is 0 Å². The van der Waals surface area contributed by atoms with Crippen molar-refractivity contribution >= 4 is 15.6 Å². The Morgan fingerprint density at radius 3 is 2.47 bits per heavy atom. The first-order valence-electron chi connectivity index (χ1n) is 11.7. The number of rotatable bonds is 4. The third-order valence-electron chi connectivity index (χ3n) is 7.02. The van der Waals surface area contributed by atoms with E-state index in [0.717, 1.165) is 52.4 Å². The molecule has 174 valence electrons. The summed E-state index contributed by atoms with van der Waals surface area (Å²) in [5.74, 6) is 1.46. The van der Waals surface area contributed by atoms with Crippen LogP contribution in [0.25, 0.3) is 16.8 Å². The molecule has 0 atom stereocenters. The van der Waals surface area contributed by atoms with Crippen LogP contribution in [0.3, 0.4) is 0 Å². The van der Waals surface area contributed by atoms with Gasteiger partial charge in [-0.2, -0.15) is 0 Å². The largest absolute Gasteiger partial charge is 0.492 e. The second-order valence-electron chi connectivity index (χ2n) is 10.5. The minimum atomic E-state index is -3.81. The van der Waals surface area contributed by atoms with Crippen LogP contribution >= 0.6 is 0 Å². The van der Waals surface area contributed by atoms with Gasteiger partial charge in [0.2, 0.25) is 10.0 Å². The predicted octanol–water partition coefficient (Wildman–Crippen LogP) is 5.78. The first-order chi connectivity index (χ1) is 15.0. The highest BCUT2D eigenvalue weighted by Gasteiger charge is 2.29. The number of primary sulfonamides is 1. The van der Waals surface area contributed by atoms with Crippen molar-refractivity contribution in [2.24, 2.45) is 11.1 Å². The summed E-state index contributed by atoms with van der Waals surface area (Å²) >= 11 is 0. The van der Waals surface area contributed by atoms with Crippen molar-refractivity contribution in [3.63, 3.8) is 0 Å². The van der Waals surface area contributed by atoms with Gasteiger partial charge in [-0.05, 0) is 60.4 Å². The fourth-order valence-corrected chi connectivity index (χ4v) is 5.97. The van der Waals surface area contributed by atoms with Gasteiger partial charge in [-0.15, -0.1) is 0 Å². The van der Waals surface area contributed by atoms with Crippen molar-refractivity contribution in [1.82, 2.24) is 4.57 Å². The van der Waals surface area contributed by atoms with E-state index in [4.69, 9.17) is 9.88 Å². The Hall–Kier alpha value is -2.05. The summed E-state index contributed by atoms with van der Waals surface area (Å²) in [6, 6.07) is 6.04. The summed E-state index contributed by atoms with van der Waals surface area (Å²) in [7, 11) is -3.81. The van der Waals surface area contributed by atoms with Gasteiger partial charge < -0.3 is 9.30 Å². The highest BCUT2D eigenvalue weighted by atomic mass is 32.2. The van der Waals surface area contributed by atoms with Crippen molar-refractivity contribution in [3.8, 4) is 17.0 Å². The molecule has 0 amide bonds. The summed E-state index contributed by atoms with van der Waals surface area (Å²) in [5.41, 5.74) is 5.70. The number of hydrogen-bond donors (Lipinski definition) is 1. The second kappa shape index (κ2) is 8.38. The lowest BCUT2D eigenvalue weighted by molar-refractivity contribution is 0.307. The molecular weight excluding hydrogens is 420 g/mol. The molecule has 2 aromatic rings. The van der Waals surface area contributed by atoms with Gasteiger partial charge in [0, 0.05) is 35.5 Å². The van der Waals surface area contributed by atoms with Crippen molar-refractivity contribution in [3.05, 3.63) is 41.6 Å². The van der Waals surface area contributed by atoms with E-state index >= 15 is 0 Å². The van der Waals surface area contributed by atoms with Crippen LogP contribution < -0.4 is 9.88 Å². The van der Waals surface area contributed by atoms with Gasteiger partial charge >= 0.3 is 0 Å². The molecule has 6 heteroatoms. The lowest BCUT2D eigenvalue weighted by Gasteiger charge is -2.30. The maximum absolute atomic E-state index is 12.4. The zero-order valence-electron chi connectivity index (χ0n) is 19.8. The predicted molar refractivity (Wildman–Crippen MR) is 130 cm³/mol. The number of hydrogen-bond acceptors (Lipinski definition) is 3. The van der Waals surface area contributed by atoms with Crippen molar-refractivity contribution < 1.29 is 13.2 Å². The number of benzene rings is 1. The summed E-state index contributed by atoms with van der Waals surface area (Å²) < 4.78 is 33.0. The van der Waals surface area contributed by atoms with Crippen molar-refractivity contribution in [1.29, 1.82) is 0 Å². The fourth-order valence-electron chi connectivity index (χ4n) is 5.17. The Kier molecular flexibility index (Phi) is 6.05. The number of aromatic nitrogens is 1. The van der Waals surface area contributed by atoms with Crippen LogP contribution in [-0.2, 0) is 22.0 Å². The van der Waals surface area contributed by atoms with E-state index < -0.39 is 10.0 Å². The second-order valence-corrected chi connectivity index (χ2v) is 12.0. The highest BCUT2D eigenvalue weighted by molar-refractivity contribution is 7.89. The zero-order chi connectivity index (χ0) is 23.3. The quantitative estimate of drug-likeness (QED) is 0.633. The van der Waals surface area contributed by atoms with Gasteiger partial charge in [0.05, 0.1) is 6.61 Å². The lowest BCUT2D eigenvalue weighted by atomic mass is 9.82. The smallest absolute Gasteiger partial charge is 0.239 e. The van der Waals surface area contributed by atoms with E-state index in [-0.39, 0.29) is 10.3 Å². The molecule has 1 aromatic heterocycles. The molecule has 2 N–H and O–H groups in total. The van der Waals surface area contributed by atoms with E-state index in [0.29, 0.717) is 12.5 Å². The number of nitrogens with zero attached hydrogens (tertiary/aromatic N) is 1. The Morgan fingerprint density at radius 2 is 1.84 bits per heavy atom. The fraction of sp³-hybridized carbons (Fsp3) is 0.538. The number of ether oxygens (including phenoxy) is 1. The summed E-state index contributed by atoms with van der Waals surface area (Å²) in [6.45, 7) is 14.1. The molecule has 1 fully saturated rings. The van der Waals surface area contributed by atoms with Crippen LogP contribution in [0.4, 0.5) is 0 Å². The minimum absolute atomic E-state index is 0.129. The highest BCUT2D eigenvalue weighted by Crippen LogP contribution is 2.44. The maximum Gasteiger partial charge on any atom is 0.239 e. The third kappa shape index (κ3) is 4.40. The maximum atomic E-state index is 12.4. The monoisotopic (exact) mass is 456 g/mol. The molecular formula is C26H36N2O3S. The average molecular weight is 457 g/mol. The summed E-state index contributed by atoms with van der Waals surface area (Å²) in [5, 5.41) is 5.61. The molecule has 5 nitrogen and oxygen atoms in total. The molecule has 0 spiro atoms. The van der Waals surface area contributed by atoms with Gasteiger partial charge in [-0.25, -0.2) is 13.6 Å². The molecule has 2 heterocycles. The van der Waals surface area contributed by atoms with Crippen LogP contribution in [0, 0.1) is 12.8 Å². The third-order valence-corrected chi connectivity index (χ3v) is 8.04. The van der Waals surface area contributed by atoms with Crippen LogP contribution in [-0.4, -0.2) is 19.6 Å². The van der Waals surface area contributed by atoms with Crippen LogP contribution in [0.5, 0.6) is 5.75 Å². The molecule has 1 aromatic carbocycles. The molecule has 32 heavy (non-hydrogen) atoms. The van der Waals surface area contributed by atoms with E-state index in [9.17, 15) is 8.42 Å². The zero-order valence-corrected chi connectivity index (χ0v) is 20.6. The van der Waals surface area contributed by atoms with E-state index in [2.05, 4.69) is 44.0 Å². The molecule has 1 aliphatic carbocycles. The Labute approximate surface area is 192 Å². The molecule has 0 radical (unpaired) electrons. The molecule has 0 bridgehead atoms. The lowest BCUT2D eigenvalue weighted by Crippen LogP contribution is -2.19. The molecule has 0 unspecified atom stereocenters. The molecule has 4 rings (SSSR count). The van der Waals surface area contributed by atoms with Crippen molar-refractivity contribution in [2.75, 3.05) is 6.61 Å². The van der Waals surface area contributed by atoms with Gasteiger partial charge in [-0.1, -0.05) is 46.6 Å². The Balaban J connectivity index is 1.92. The SMILES string of the molecule is C=C1CCOc2c1cc(-c1cc(S(N)(=O)=O)c(C)n1CC1CCCCC1)cc2C(C)(C)C. The topological polar surface area (TPSA) is 74.3 Å². The van der Waals surface area contributed by atoms with E-state index in [1.807, 2.05) is 6.92 Å². The standard InChI is InChI=1S/C26H36N2O3S/c1-17-11-12-31-25-21(17)13-20(14-22(25)26(3,4)5)23-15-24(32(27,29)30)18(2)28(23)16-19-9-7-6-8-10-19/h13-15,19H,1,6-12,16H2,2-5H3,(H2,27,29,30). The van der Waals surface area contributed by atoms with Crippen molar-refractivity contribution in [2.45, 2.75) is 83.1 Å². The first-order valence-corrected chi connectivity index (χ1v) is 13.2. The van der Waals surface area contributed by atoms with Gasteiger partial charge in [-0.3, -0.25) is 0 Å². The van der Waals surface area contributed by atoms with E-state index in [1.54, 1.807) is 6.07 Å². The van der Waals surface area contributed by atoms with Gasteiger partial charge in [0.25, 0.3) is 0 Å². The summed E-state index contributed by atoms with van der Waals surface area (Å²) in [4.78, 5) is 0.216. The normalized spacial score (nSPS) is 17.8. The molecule has 1 saturated carbocycles. The van der Waals surface area contributed by atoms with Crippen LogP contribution in [0.15, 0.2) is 29.7 Å².